The molecule has 1 fully saturated rings. The zero-order valence-corrected chi connectivity index (χ0v) is 9.92. The first-order chi connectivity index (χ1) is 8.01. The van der Waals surface area contributed by atoms with E-state index < -0.39 is 17.2 Å². The Morgan fingerprint density at radius 2 is 2.12 bits per heavy atom. The number of methoxy groups -OCH3 is 1. The minimum absolute atomic E-state index is 0.410. The van der Waals surface area contributed by atoms with Crippen molar-refractivity contribution in [3.63, 3.8) is 0 Å². The van der Waals surface area contributed by atoms with E-state index in [1.807, 2.05) is 0 Å². The summed E-state index contributed by atoms with van der Waals surface area (Å²) >= 11 is 0. The van der Waals surface area contributed by atoms with E-state index in [-0.39, 0.29) is 0 Å². The Morgan fingerprint density at radius 1 is 1.47 bits per heavy atom. The van der Waals surface area contributed by atoms with Crippen LogP contribution < -0.4 is 4.74 Å². The van der Waals surface area contributed by atoms with Crippen LogP contribution in [0.2, 0.25) is 0 Å². The Morgan fingerprint density at radius 3 is 2.53 bits per heavy atom. The number of carboxylic acids is 1. The average Bonchev–Trinajstić information content (AvgIpc) is 2.20. The van der Waals surface area contributed by atoms with Gasteiger partial charge in [0.2, 0.25) is 0 Å². The minimum Gasteiger partial charge on any atom is -0.496 e. The van der Waals surface area contributed by atoms with Crippen molar-refractivity contribution in [2.75, 3.05) is 7.11 Å². The normalized spacial score (nSPS) is 17.4. The first-order valence-corrected chi connectivity index (χ1v) is 5.59. The molecule has 0 radical (unpaired) electrons. The summed E-state index contributed by atoms with van der Waals surface area (Å²) in [4.78, 5) is 11.4. The highest BCUT2D eigenvalue weighted by molar-refractivity contribution is 5.83. The highest BCUT2D eigenvalue weighted by Gasteiger charge is 2.47. The van der Waals surface area contributed by atoms with Crippen LogP contribution in [0.5, 0.6) is 5.75 Å². The molecule has 2 rings (SSSR count). The topological polar surface area (TPSA) is 46.5 Å². The molecular weight excluding hydrogens is 223 g/mol. The van der Waals surface area contributed by atoms with E-state index in [0.29, 0.717) is 24.2 Å². The molecule has 92 valence electrons. The second kappa shape index (κ2) is 4.02. The van der Waals surface area contributed by atoms with Gasteiger partial charge in [0.15, 0.2) is 0 Å². The number of ether oxygens (including phenoxy) is 1. The lowest BCUT2D eigenvalue weighted by Crippen LogP contribution is -2.43. The van der Waals surface area contributed by atoms with Gasteiger partial charge in [-0.05, 0) is 37.0 Å². The molecule has 1 aromatic carbocycles. The minimum atomic E-state index is -0.917. The molecule has 0 aliphatic heterocycles. The molecule has 0 atom stereocenters. The fourth-order valence-corrected chi connectivity index (χ4v) is 2.49. The summed E-state index contributed by atoms with van der Waals surface area (Å²) in [5.74, 6) is -0.915. The maximum Gasteiger partial charge on any atom is 0.314 e. The van der Waals surface area contributed by atoms with Crippen LogP contribution in [0.3, 0.4) is 0 Å². The first kappa shape index (κ1) is 11.9. The van der Waals surface area contributed by atoms with E-state index in [0.717, 1.165) is 12.0 Å². The Balaban J connectivity index is 2.58. The molecule has 3 nitrogen and oxygen atoms in total. The van der Waals surface area contributed by atoms with Gasteiger partial charge in [-0.3, -0.25) is 4.79 Å². The molecule has 0 aromatic heterocycles. The molecule has 0 heterocycles. The maximum atomic E-state index is 13.5. The van der Waals surface area contributed by atoms with Crippen LogP contribution in [0.25, 0.3) is 0 Å². The molecule has 0 amide bonds. The third kappa shape index (κ3) is 1.68. The molecule has 1 aromatic rings. The lowest BCUT2D eigenvalue weighted by molar-refractivity contribution is -0.147. The summed E-state index contributed by atoms with van der Waals surface area (Å²) in [6.07, 6.45) is 2.00. The fraction of sp³-hybridized carbons (Fsp3) is 0.462. The van der Waals surface area contributed by atoms with E-state index >= 15 is 0 Å². The summed E-state index contributed by atoms with van der Waals surface area (Å²) < 4.78 is 18.6. The SMILES string of the molecule is COc1cc(F)cc(C2(C(=O)O)CCC2)c1C. The van der Waals surface area contributed by atoms with Gasteiger partial charge in [-0.1, -0.05) is 6.42 Å². The van der Waals surface area contributed by atoms with Crippen molar-refractivity contribution in [1.82, 2.24) is 0 Å². The number of hydrogen-bond donors (Lipinski definition) is 1. The van der Waals surface area contributed by atoms with Crippen molar-refractivity contribution >= 4 is 5.97 Å². The number of carbonyl (C=O) groups is 1. The van der Waals surface area contributed by atoms with Gasteiger partial charge in [-0.2, -0.15) is 0 Å². The Labute approximate surface area is 99.2 Å². The first-order valence-electron chi connectivity index (χ1n) is 5.59. The van der Waals surface area contributed by atoms with Gasteiger partial charge in [0.25, 0.3) is 0 Å². The van der Waals surface area contributed by atoms with Crippen molar-refractivity contribution in [2.45, 2.75) is 31.6 Å². The van der Waals surface area contributed by atoms with E-state index in [2.05, 4.69) is 0 Å². The summed E-state index contributed by atoms with van der Waals surface area (Å²) in [6, 6.07) is 2.61. The molecule has 1 N–H and O–H groups in total. The number of benzene rings is 1. The molecule has 0 unspecified atom stereocenters. The van der Waals surface area contributed by atoms with Gasteiger partial charge in [0, 0.05) is 6.07 Å². The highest BCUT2D eigenvalue weighted by atomic mass is 19.1. The third-order valence-corrected chi connectivity index (χ3v) is 3.68. The van der Waals surface area contributed by atoms with Gasteiger partial charge in [-0.25, -0.2) is 4.39 Å². The van der Waals surface area contributed by atoms with Gasteiger partial charge < -0.3 is 9.84 Å². The Kier molecular flexibility index (Phi) is 2.81. The second-order valence-corrected chi connectivity index (χ2v) is 4.52. The molecule has 17 heavy (non-hydrogen) atoms. The van der Waals surface area contributed by atoms with Crippen LogP contribution in [0.4, 0.5) is 4.39 Å². The molecule has 0 saturated heterocycles. The summed E-state index contributed by atoms with van der Waals surface area (Å²) in [7, 11) is 1.46. The standard InChI is InChI=1S/C13H15FO3/c1-8-10(6-9(14)7-11(8)17-2)13(12(15)16)4-3-5-13/h6-7H,3-5H2,1-2H3,(H,15,16). The van der Waals surface area contributed by atoms with Gasteiger partial charge in [-0.15, -0.1) is 0 Å². The van der Waals surface area contributed by atoms with Crippen LogP contribution in [-0.2, 0) is 10.2 Å². The smallest absolute Gasteiger partial charge is 0.314 e. The molecule has 1 aliphatic carbocycles. The summed E-state index contributed by atoms with van der Waals surface area (Å²) in [5.41, 5.74) is 0.350. The van der Waals surface area contributed by atoms with Crippen molar-refractivity contribution < 1.29 is 19.0 Å². The lowest BCUT2D eigenvalue weighted by atomic mass is 9.63. The molecule has 4 heteroatoms. The van der Waals surface area contributed by atoms with Gasteiger partial charge >= 0.3 is 5.97 Å². The van der Waals surface area contributed by atoms with E-state index in [1.54, 1.807) is 6.92 Å². The van der Waals surface area contributed by atoms with Crippen LogP contribution in [0.1, 0.15) is 30.4 Å². The second-order valence-electron chi connectivity index (χ2n) is 4.52. The van der Waals surface area contributed by atoms with E-state index in [4.69, 9.17) is 4.74 Å². The van der Waals surface area contributed by atoms with Crippen LogP contribution >= 0.6 is 0 Å². The van der Waals surface area contributed by atoms with Crippen molar-refractivity contribution in [3.05, 3.63) is 29.1 Å². The van der Waals surface area contributed by atoms with Crippen LogP contribution in [0.15, 0.2) is 12.1 Å². The number of carboxylic acid groups (broad SMARTS) is 1. The predicted octanol–water partition coefficient (Wildman–Crippen LogP) is 2.65. The van der Waals surface area contributed by atoms with Gasteiger partial charge in [0.05, 0.1) is 12.5 Å². The summed E-state index contributed by atoms with van der Waals surface area (Å²) in [6.45, 7) is 1.77. The largest absolute Gasteiger partial charge is 0.496 e. The number of hydrogen-bond acceptors (Lipinski definition) is 2. The quantitative estimate of drug-likeness (QED) is 0.880. The third-order valence-electron chi connectivity index (χ3n) is 3.68. The molecule has 1 saturated carbocycles. The van der Waals surface area contributed by atoms with Crippen molar-refractivity contribution in [3.8, 4) is 5.75 Å². The average molecular weight is 238 g/mol. The Hall–Kier alpha value is -1.58. The van der Waals surface area contributed by atoms with Crippen LogP contribution in [0, 0.1) is 12.7 Å². The zero-order chi connectivity index (χ0) is 12.6. The fourth-order valence-electron chi connectivity index (χ4n) is 2.49. The van der Waals surface area contributed by atoms with E-state index in [9.17, 15) is 14.3 Å². The van der Waals surface area contributed by atoms with E-state index in [1.165, 1.54) is 19.2 Å². The van der Waals surface area contributed by atoms with Crippen molar-refractivity contribution in [1.29, 1.82) is 0 Å². The number of halogens is 1. The lowest BCUT2D eigenvalue weighted by Gasteiger charge is -2.39. The Bertz CT molecular complexity index is 464. The number of rotatable bonds is 3. The predicted molar refractivity (Wildman–Crippen MR) is 60.9 cm³/mol. The van der Waals surface area contributed by atoms with Gasteiger partial charge in [0.1, 0.15) is 11.6 Å². The van der Waals surface area contributed by atoms with Crippen LogP contribution in [-0.4, -0.2) is 18.2 Å². The molecule has 0 bridgehead atoms. The summed E-state index contributed by atoms with van der Waals surface area (Å²) in [5, 5.41) is 9.35. The zero-order valence-electron chi connectivity index (χ0n) is 9.92. The monoisotopic (exact) mass is 238 g/mol. The molecule has 0 spiro atoms. The number of aliphatic carboxylic acids is 1. The maximum absolute atomic E-state index is 13.5. The highest BCUT2D eigenvalue weighted by Crippen LogP contribution is 2.46. The molecular formula is C13H15FO3. The van der Waals surface area contributed by atoms with Crippen molar-refractivity contribution in [2.24, 2.45) is 0 Å². The molecule has 1 aliphatic rings.